The number of hydrogen-bond acceptors (Lipinski definition) is 2. The first kappa shape index (κ1) is 12.7. The van der Waals surface area contributed by atoms with Crippen LogP contribution in [0.2, 0.25) is 0 Å². The molecule has 0 aliphatic rings. The zero-order valence-corrected chi connectivity index (χ0v) is 11.1. The Balaban J connectivity index is 1.84. The highest BCUT2D eigenvalue weighted by Crippen LogP contribution is 2.14. The van der Waals surface area contributed by atoms with E-state index in [1.165, 1.54) is 11.3 Å². The van der Waals surface area contributed by atoms with Crippen molar-refractivity contribution in [3.8, 4) is 0 Å². The molecule has 1 N–H and O–H groups in total. The second-order valence-electron chi connectivity index (χ2n) is 4.72. The van der Waals surface area contributed by atoms with Gasteiger partial charge in [0.1, 0.15) is 5.76 Å². The van der Waals surface area contributed by atoms with E-state index in [0.29, 0.717) is 6.04 Å². The number of benzene rings is 1. The van der Waals surface area contributed by atoms with Crippen LogP contribution >= 0.6 is 0 Å². The van der Waals surface area contributed by atoms with Gasteiger partial charge in [-0.15, -0.1) is 0 Å². The molecule has 0 bridgehead atoms. The number of hydrogen-bond donors (Lipinski definition) is 1. The minimum atomic E-state index is 0.446. The van der Waals surface area contributed by atoms with Crippen LogP contribution in [0.3, 0.4) is 0 Å². The van der Waals surface area contributed by atoms with Crippen molar-refractivity contribution in [1.82, 2.24) is 0 Å². The molecule has 96 valence electrons. The summed E-state index contributed by atoms with van der Waals surface area (Å²) >= 11 is 0. The van der Waals surface area contributed by atoms with Crippen LogP contribution < -0.4 is 5.32 Å². The molecule has 2 rings (SSSR count). The molecule has 0 aliphatic heterocycles. The lowest BCUT2D eigenvalue weighted by Crippen LogP contribution is -2.15. The Morgan fingerprint density at radius 3 is 2.83 bits per heavy atom. The summed E-state index contributed by atoms with van der Waals surface area (Å²) in [6, 6.07) is 13.1. The Kier molecular flexibility index (Phi) is 4.46. The van der Waals surface area contributed by atoms with E-state index in [1.54, 1.807) is 6.26 Å². The van der Waals surface area contributed by atoms with Crippen molar-refractivity contribution in [2.75, 3.05) is 5.32 Å². The summed E-state index contributed by atoms with van der Waals surface area (Å²) in [4.78, 5) is 0. The molecule has 0 saturated carbocycles. The third-order valence-electron chi connectivity index (χ3n) is 3.15. The van der Waals surface area contributed by atoms with Crippen molar-refractivity contribution < 1.29 is 4.42 Å². The van der Waals surface area contributed by atoms with Gasteiger partial charge in [-0.3, -0.25) is 0 Å². The number of anilines is 1. The van der Waals surface area contributed by atoms with E-state index in [2.05, 4.69) is 43.4 Å². The molecule has 1 atom stereocenters. The van der Waals surface area contributed by atoms with Crippen LogP contribution in [0.4, 0.5) is 5.69 Å². The van der Waals surface area contributed by atoms with E-state index >= 15 is 0 Å². The highest BCUT2D eigenvalue weighted by Gasteiger charge is 2.04. The highest BCUT2D eigenvalue weighted by atomic mass is 16.3. The predicted molar refractivity (Wildman–Crippen MR) is 75.9 cm³/mol. The summed E-state index contributed by atoms with van der Waals surface area (Å²) in [5, 5.41) is 3.54. The van der Waals surface area contributed by atoms with E-state index in [0.717, 1.165) is 25.0 Å². The van der Waals surface area contributed by atoms with Gasteiger partial charge in [-0.1, -0.05) is 19.1 Å². The van der Waals surface area contributed by atoms with Gasteiger partial charge in [-0.2, -0.15) is 0 Å². The zero-order valence-electron chi connectivity index (χ0n) is 11.1. The number of furan rings is 1. The predicted octanol–water partition coefficient (Wildman–Crippen LogP) is 4.28. The lowest BCUT2D eigenvalue weighted by atomic mass is 10.1. The van der Waals surface area contributed by atoms with E-state index < -0.39 is 0 Å². The summed E-state index contributed by atoms with van der Waals surface area (Å²) < 4.78 is 5.34. The fraction of sp³-hybridized carbons (Fsp3) is 0.375. The van der Waals surface area contributed by atoms with Crippen LogP contribution in [-0.4, -0.2) is 6.04 Å². The van der Waals surface area contributed by atoms with Crippen molar-refractivity contribution in [3.05, 3.63) is 54.0 Å². The van der Waals surface area contributed by atoms with Crippen LogP contribution in [0.25, 0.3) is 0 Å². The molecule has 1 unspecified atom stereocenters. The van der Waals surface area contributed by atoms with Crippen LogP contribution in [0.15, 0.2) is 47.1 Å². The molecule has 0 fully saturated rings. The largest absolute Gasteiger partial charge is 0.469 e. The van der Waals surface area contributed by atoms with Crippen molar-refractivity contribution in [2.45, 2.75) is 39.2 Å². The van der Waals surface area contributed by atoms with Crippen molar-refractivity contribution in [2.24, 2.45) is 0 Å². The summed E-state index contributed by atoms with van der Waals surface area (Å²) in [6.07, 6.45) is 4.87. The molecule has 1 heterocycles. The van der Waals surface area contributed by atoms with E-state index in [9.17, 15) is 0 Å². The second kappa shape index (κ2) is 6.29. The maximum Gasteiger partial charge on any atom is 0.103 e. The Bertz CT molecular complexity index is 462. The monoisotopic (exact) mass is 243 g/mol. The standard InChI is InChI=1S/C16H21NO/c1-3-14-6-4-7-15(12-14)17-13(2)9-10-16-8-5-11-18-16/h4-8,11-13,17H,3,9-10H2,1-2H3. The quantitative estimate of drug-likeness (QED) is 0.819. The van der Waals surface area contributed by atoms with Gasteiger partial charge < -0.3 is 9.73 Å². The van der Waals surface area contributed by atoms with Crippen molar-refractivity contribution >= 4 is 5.69 Å². The molecule has 2 heteroatoms. The number of nitrogens with one attached hydrogen (secondary N) is 1. The first-order valence-corrected chi connectivity index (χ1v) is 6.66. The summed E-state index contributed by atoms with van der Waals surface area (Å²) in [7, 11) is 0. The van der Waals surface area contributed by atoms with Crippen LogP contribution in [-0.2, 0) is 12.8 Å². The summed E-state index contributed by atoms with van der Waals surface area (Å²) in [6.45, 7) is 4.39. The average Bonchev–Trinajstić information content (AvgIpc) is 2.90. The smallest absolute Gasteiger partial charge is 0.103 e. The van der Waals surface area contributed by atoms with Crippen molar-refractivity contribution in [3.63, 3.8) is 0 Å². The van der Waals surface area contributed by atoms with Crippen molar-refractivity contribution in [1.29, 1.82) is 0 Å². The molecular weight excluding hydrogens is 222 g/mol. The minimum absolute atomic E-state index is 0.446. The summed E-state index contributed by atoms with van der Waals surface area (Å²) in [5.41, 5.74) is 2.58. The molecule has 0 saturated heterocycles. The van der Waals surface area contributed by atoms with Crippen LogP contribution in [0.5, 0.6) is 0 Å². The third-order valence-corrected chi connectivity index (χ3v) is 3.15. The topological polar surface area (TPSA) is 25.2 Å². The molecule has 0 spiro atoms. The average molecular weight is 243 g/mol. The van der Waals surface area contributed by atoms with Gasteiger partial charge >= 0.3 is 0 Å². The highest BCUT2D eigenvalue weighted by molar-refractivity contribution is 5.46. The molecule has 2 aromatic rings. The van der Waals surface area contributed by atoms with Gasteiger partial charge in [0.15, 0.2) is 0 Å². The lowest BCUT2D eigenvalue weighted by Gasteiger charge is -2.15. The van der Waals surface area contributed by atoms with E-state index in [-0.39, 0.29) is 0 Å². The zero-order chi connectivity index (χ0) is 12.8. The molecule has 0 aliphatic carbocycles. The minimum Gasteiger partial charge on any atom is -0.469 e. The number of aryl methyl sites for hydroxylation is 2. The fourth-order valence-electron chi connectivity index (χ4n) is 2.05. The van der Waals surface area contributed by atoms with E-state index in [4.69, 9.17) is 4.42 Å². The molecule has 1 aromatic carbocycles. The molecule has 0 radical (unpaired) electrons. The fourth-order valence-corrected chi connectivity index (χ4v) is 2.05. The normalized spacial score (nSPS) is 12.3. The Morgan fingerprint density at radius 1 is 1.22 bits per heavy atom. The maximum absolute atomic E-state index is 5.34. The number of rotatable bonds is 6. The first-order valence-electron chi connectivity index (χ1n) is 6.66. The van der Waals surface area contributed by atoms with Gasteiger partial charge in [-0.25, -0.2) is 0 Å². The van der Waals surface area contributed by atoms with E-state index in [1.807, 2.05) is 12.1 Å². The van der Waals surface area contributed by atoms with Gasteiger partial charge in [0.05, 0.1) is 6.26 Å². The lowest BCUT2D eigenvalue weighted by molar-refractivity contribution is 0.495. The Labute approximate surface area is 109 Å². The van der Waals surface area contributed by atoms with Gasteiger partial charge in [0.25, 0.3) is 0 Å². The SMILES string of the molecule is CCc1cccc(NC(C)CCc2ccco2)c1. The molecule has 18 heavy (non-hydrogen) atoms. The summed E-state index contributed by atoms with van der Waals surface area (Å²) in [5.74, 6) is 1.06. The third kappa shape index (κ3) is 3.66. The van der Waals surface area contributed by atoms with Gasteiger partial charge in [0, 0.05) is 18.2 Å². The van der Waals surface area contributed by atoms with Crippen LogP contribution in [0, 0.1) is 0 Å². The van der Waals surface area contributed by atoms with Gasteiger partial charge in [-0.05, 0) is 49.6 Å². The first-order chi connectivity index (χ1) is 8.78. The second-order valence-corrected chi connectivity index (χ2v) is 4.72. The van der Waals surface area contributed by atoms with Gasteiger partial charge in [0.2, 0.25) is 0 Å². The molecule has 1 aromatic heterocycles. The Morgan fingerprint density at radius 2 is 2.11 bits per heavy atom. The van der Waals surface area contributed by atoms with Crippen LogP contribution in [0.1, 0.15) is 31.6 Å². The molecule has 0 amide bonds. The molecule has 2 nitrogen and oxygen atoms in total. The Hall–Kier alpha value is -1.70. The molecular formula is C16H21NO. The maximum atomic E-state index is 5.34.